The third-order valence-corrected chi connectivity index (χ3v) is 5.61. The molecule has 9 heteroatoms. The Morgan fingerprint density at radius 3 is 1.58 bits per heavy atom. The normalized spacial score (nSPS) is 22.4. The van der Waals surface area contributed by atoms with Crippen LogP contribution < -0.4 is 0 Å². The standard InChI is InChI=1S/C15H30B3Cl3N3/c1-6-13(7-2)22-16-23(14(8-3)11(4)20)18-24(17-22)15(9-10-19)12(5)21/h11-15H,6-10H2,1-5H3. The topological polar surface area (TPSA) is 9.72 Å². The summed E-state index contributed by atoms with van der Waals surface area (Å²) in [6, 6.07) is 0.886. The molecule has 0 saturated carbocycles. The van der Waals surface area contributed by atoms with E-state index in [4.69, 9.17) is 34.8 Å². The van der Waals surface area contributed by atoms with Crippen LogP contribution in [-0.2, 0) is 0 Å². The Hall–Kier alpha value is 0.945. The maximum Gasteiger partial charge on any atom is 0.290 e. The molecular formula is C15H30B3Cl3N3. The van der Waals surface area contributed by atoms with Gasteiger partial charge in [0.25, 0.3) is 22.6 Å². The first-order valence-corrected chi connectivity index (χ1v) is 10.5. The molecule has 1 rings (SSSR count). The molecule has 0 N–H and O–H groups in total. The van der Waals surface area contributed by atoms with E-state index in [2.05, 4.69) is 64.5 Å². The molecule has 24 heavy (non-hydrogen) atoms. The second-order valence-electron chi connectivity index (χ2n) is 6.53. The Morgan fingerprint density at radius 1 is 0.750 bits per heavy atom. The number of rotatable bonds is 10. The fourth-order valence-corrected chi connectivity index (χ4v) is 4.08. The fraction of sp³-hybridized carbons (Fsp3) is 1.00. The first kappa shape index (κ1) is 23.0. The van der Waals surface area contributed by atoms with Crippen LogP contribution in [0.4, 0.5) is 0 Å². The van der Waals surface area contributed by atoms with Gasteiger partial charge in [-0.05, 0) is 45.6 Å². The van der Waals surface area contributed by atoms with Gasteiger partial charge < -0.3 is 14.2 Å². The summed E-state index contributed by atoms with van der Waals surface area (Å²) in [5.74, 6) is 0.595. The second kappa shape index (κ2) is 11.6. The van der Waals surface area contributed by atoms with Crippen LogP contribution in [0.2, 0.25) is 0 Å². The number of alkyl halides is 3. The molecule has 1 heterocycles. The van der Waals surface area contributed by atoms with Gasteiger partial charge in [0.1, 0.15) is 0 Å². The Morgan fingerprint density at radius 2 is 1.21 bits per heavy atom. The van der Waals surface area contributed by atoms with Crippen LogP contribution in [0.5, 0.6) is 0 Å². The monoisotopic (exact) mass is 390 g/mol. The lowest BCUT2D eigenvalue weighted by Crippen LogP contribution is -2.69. The molecular weight excluding hydrogens is 361 g/mol. The highest BCUT2D eigenvalue weighted by Crippen LogP contribution is 2.22. The predicted molar refractivity (Wildman–Crippen MR) is 111 cm³/mol. The number of halogens is 3. The summed E-state index contributed by atoms with van der Waals surface area (Å²) in [7, 11) is 6.51. The number of nitrogens with zero attached hydrogens (tertiary/aromatic N) is 3. The molecule has 0 aromatic heterocycles. The third kappa shape index (κ3) is 6.28. The zero-order valence-electron chi connectivity index (χ0n) is 15.6. The van der Waals surface area contributed by atoms with Gasteiger partial charge in [-0.1, -0.05) is 20.8 Å². The van der Waals surface area contributed by atoms with E-state index in [9.17, 15) is 0 Å². The van der Waals surface area contributed by atoms with Gasteiger partial charge in [0, 0.05) is 28.7 Å². The average molecular weight is 391 g/mol. The van der Waals surface area contributed by atoms with E-state index in [1.807, 2.05) is 6.92 Å². The van der Waals surface area contributed by atoms with Gasteiger partial charge in [0.2, 0.25) is 0 Å². The zero-order valence-corrected chi connectivity index (χ0v) is 17.9. The average Bonchev–Trinajstić information content (AvgIpc) is 2.53. The van der Waals surface area contributed by atoms with Crippen LogP contribution in [0, 0.1) is 0 Å². The minimum atomic E-state index is 0.00764. The van der Waals surface area contributed by atoms with Crippen molar-refractivity contribution in [3.05, 3.63) is 0 Å². The van der Waals surface area contributed by atoms with Crippen molar-refractivity contribution in [3.8, 4) is 0 Å². The summed E-state index contributed by atoms with van der Waals surface area (Å²) < 4.78 is 6.78. The highest BCUT2D eigenvalue weighted by Gasteiger charge is 2.38. The van der Waals surface area contributed by atoms with E-state index >= 15 is 0 Å². The summed E-state index contributed by atoms with van der Waals surface area (Å²) in [5.41, 5.74) is 0. The molecule has 1 aliphatic rings. The summed E-state index contributed by atoms with van der Waals surface area (Å²) in [6.07, 6.45) is 4.01. The van der Waals surface area contributed by atoms with Gasteiger partial charge in [0.05, 0.1) is 0 Å². The molecule has 0 aliphatic carbocycles. The number of hydrogen-bond donors (Lipinski definition) is 0. The lowest BCUT2D eigenvalue weighted by Gasteiger charge is -2.49. The Labute approximate surface area is 166 Å². The molecule has 0 amide bonds. The highest BCUT2D eigenvalue weighted by molar-refractivity contribution is 6.65. The maximum atomic E-state index is 6.46. The van der Waals surface area contributed by atoms with Gasteiger partial charge in [-0.25, -0.2) is 0 Å². The van der Waals surface area contributed by atoms with Gasteiger partial charge in [-0.3, -0.25) is 0 Å². The van der Waals surface area contributed by atoms with Crippen LogP contribution in [-0.4, -0.2) is 71.6 Å². The Kier molecular flexibility index (Phi) is 11.1. The van der Waals surface area contributed by atoms with Crippen LogP contribution >= 0.6 is 34.8 Å². The molecule has 135 valence electrons. The van der Waals surface area contributed by atoms with Crippen molar-refractivity contribution in [2.75, 3.05) is 5.88 Å². The zero-order chi connectivity index (χ0) is 18.3. The van der Waals surface area contributed by atoms with E-state index in [0.717, 1.165) is 25.7 Å². The molecule has 0 bridgehead atoms. The molecule has 0 aromatic carbocycles. The van der Waals surface area contributed by atoms with Crippen LogP contribution in [0.1, 0.15) is 60.3 Å². The predicted octanol–water partition coefficient (Wildman–Crippen LogP) is 3.73. The quantitative estimate of drug-likeness (QED) is 0.415. The smallest absolute Gasteiger partial charge is 0.290 e. The molecule has 1 fully saturated rings. The molecule has 1 saturated heterocycles. The lowest BCUT2D eigenvalue weighted by molar-refractivity contribution is 0.317. The molecule has 1 aliphatic heterocycles. The van der Waals surface area contributed by atoms with Crippen molar-refractivity contribution in [1.29, 1.82) is 0 Å². The van der Waals surface area contributed by atoms with Crippen molar-refractivity contribution >= 4 is 57.5 Å². The first-order chi connectivity index (χ1) is 11.4. The molecule has 0 spiro atoms. The summed E-state index contributed by atoms with van der Waals surface area (Å²) in [5, 5.41) is 0.0687. The van der Waals surface area contributed by atoms with Crippen LogP contribution in [0.25, 0.3) is 0 Å². The Balaban J connectivity index is 3.01. The fourth-order valence-electron chi connectivity index (χ4n) is 3.29. The Bertz CT molecular complexity index is 349. The summed E-state index contributed by atoms with van der Waals surface area (Å²) in [6.45, 7) is 10.7. The van der Waals surface area contributed by atoms with Gasteiger partial charge in [0.15, 0.2) is 0 Å². The molecule has 4 atom stereocenters. The highest BCUT2D eigenvalue weighted by atomic mass is 35.5. The lowest BCUT2D eigenvalue weighted by atomic mass is 9.68. The summed E-state index contributed by atoms with van der Waals surface area (Å²) >= 11 is 18.9. The molecule has 4 unspecified atom stereocenters. The minimum Gasteiger partial charge on any atom is -0.362 e. The van der Waals surface area contributed by atoms with E-state index in [1.54, 1.807) is 0 Å². The third-order valence-electron chi connectivity index (χ3n) is 4.81. The van der Waals surface area contributed by atoms with Crippen molar-refractivity contribution in [3.63, 3.8) is 0 Å². The van der Waals surface area contributed by atoms with Gasteiger partial charge in [-0.15, -0.1) is 34.8 Å². The molecule has 3 radical (unpaired) electrons. The molecule has 3 nitrogen and oxygen atoms in total. The minimum absolute atomic E-state index is 0.00764. The first-order valence-electron chi connectivity index (χ1n) is 9.10. The largest absolute Gasteiger partial charge is 0.362 e. The van der Waals surface area contributed by atoms with E-state index in [1.165, 1.54) is 0 Å². The van der Waals surface area contributed by atoms with Crippen molar-refractivity contribution < 1.29 is 0 Å². The van der Waals surface area contributed by atoms with E-state index in [-0.39, 0.29) is 22.8 Å². The van der Waals surface area contributed by atoms with Gasteiger partial charge in [-0.2, -0.15) is 0 Å². The van der Waals surface area contributed by atoms with Crippen LogP contribution in [0.15, 0.2) is 0 Å². The number of hydrogen-bond acceptors (Lipinski definition) is 3. The maximum absolute atomic E-state index is 6.46. The van der Waals surface area contributed by atoms with E-state index < -0.39 is 0 Å². The summed E-state index contributed by atoms with van der Waals surface area (Å²) in [4.78, 5) is 0. The van der Waals surface area contributed by atoms with Crippen molar-refractivity contribution in [2.24, 2.45) is 0 Å². The van der Waals surface area contributed by atoms with Crippen LogP contribution in [0.3, 0.4) is 0 Å². The van der Waals surface area contributed by atoms with Crippen molar-refractivity contribution in [1.82, 2.24) is 14.2 Å². The van der Waals surface area contributed by atoms with Crippen molar-refractivity contribution in [2.45, 2.75) is 89.2 Å². The SMILES string of the molecule is CCC(CC)N1[B]N(C(CC)C(C)Cl)[B]N(C(CCCl)C(C)Cl)[B]1. The molecule has 0 aromatic rings. The van der Waals surface area contributed by atoms with E-state index in [0.29, 0.717) is 11.9 Å². The second-order valence-corrected chi connectivity index (χ2v) is 8.29. The van der Waals surface area contributed by atoms with Gasteiger partial charge >= 0.3 is 0 Å².